The molecule has 1 heterocycles. The minimum atomic E-state index is -4.68. The van der Waals surface area contributed by atoms with Gasteiger partial charge in [-0.2, -0.15) is 13.2 Å². The highest BCUT2D eigenvalue weighted by molar-refractivity contribution is 7.48. The van der Waals surface area contributed by atoms with Crippen LogP contribution in [0.1, 0.15) is 97.8 Å². The van der Waals surface area contributed by atoms with Gasteiger partial charge in [-0.15, -0.1) is 0 Å². The van der Waals surface area contributed by atoms with Gasteiger partial charge in [0.15, 0.2) is 0 Å². The monoisotopic (exact) mass is 739 g/mol. The third kappa shape index (κ3) is 13.0. The van der Waals surface area contributed by atoms with Gasteiger partial charge in [-0.25, -0.2) is 9.36 Å². The lowest BCUT2D eigenvalue weighted by molar-refractivity contribution is -0.139. The molecule has 0 saturated carbocycles. The average Bonchev–Trinajstić information content (AvgIpc) is 3.03. The molecule has 1 aliphatic rings. The van der Waals surface area contributed by atoms with Crippen LogP contribution in [0.4, 0.5) is 18.0 Å². The van der Waals surface area contributed by atoms with E-state index in [1.54, 1.807) is 79.7 Å². The largest absolute Gasteiger partial charge is 0.493 e. The van der Waals surface area contributed by atoms with Crippen molar-refractivity contribution in [2.75, 3.05) is 13.2 Å². The Morgan fingerprint density at radius 3 is 2.08 bits per heavy atom. The van der Waals surface area contributed by atoms with Crippen LogP contribution in [-0.4, -0.2) is 41.6 Å². The predicted molar refractivity (Wildman–Crippen MR) is 181 cm³/mol. The quantitative estimate of drug-likeness (QED) is 0.161. The van der Waals surface area contributed by atoms with Crippen LogP contribution in [0.25, 0.3) is 0 Å². The summed E-state index contributed by atoms with van der Waals surface area (Å²) in [5, 5.41) is 3.68. The van der Waals surface area contributed by atoms with Crippen molar-refractivity contribution in [3.63, 3.8) is 0 Å². The summed E-state index contributed by atoms with van der Waals surface area (Å²) >= 11 is 12.0. The number of benzene rings is 2. The smallest absolute Gasteiger partial charge is 0.475 e. The summed E-state index contributed by atoms with van der Waals surface area (Å²) in [5.74, 6) is -0.282. The van der Waals surface area contributed by atoms with E-state index in [9.17, 15) is 22.5 Å². The Kier molecular flexibility index (Phi) is 13.0. The maximum Gasteiger partial charge on any atom is 0.475 e. The first-order valence-electron chi connectivity index (χ1n) is 15.8. The number of phosphoric ester groups is 1. The fraction of sp³-hybridized carbons (Fsp3) is 0.618. The maximum atomic E-state index is 14.2. The van der Waals surface area contributed by atoms with Crippen molar-refractivity contribution < 1.29 is 45.6 Å². The number of hydrogen-bond acceptors (Lipinski definition) is 7. The van der Waals surface area contributed by atoms with Gasteiger partial charge in [0, 0.05) is 0 Å². The predicted octanol–water partition coefficient (Wildman–Crippen LogP) is 10.7. The van der Waals surface area contributed by atoms with E-state index in [4.69, 9.17) is 46.2 Å². The third-order valence-electron chi connectivity index (χ3n) is 7.31. The summed E-state index contributed by atoms with van der Waals surface area (Å²) in [6.07, 6.45) is -3.40. The first kappa shape index (κ1) is 40.4. The van der Waals surface area contributed by atoms with Crippen LogP contribution in [0, 0.1) is 0 Å². The van der Waals surface area contributed by atoms with Gasteiger partial charge in [-0.1, -0.05) is 35.3 Å². The minimum Gasteiger partial charge on any atom is -0.493 e. The highest BCUT2D eigenvalue weighted by Crippen LogP contribution is 2.56. The minimum absolute atomic E-state index is 0.0538. The van der Waals surface area contributed by atoms with E-state index >= 15 is 0 Å². The highest BCUT2D eigenvalue weighted by Gasteiger charge is 2.44. The Morgan fingerprint density at radius 2 is 1.50 bits per heavy atom. The molecular weight excluding hydrogens is 693 g/mol. The molecule has 1 aliphatic heterocycles. The molecule has 0 aromatic heterocycles. The zero-order valence-electron chi connectivity index (χ0n) is 28.8. The standard InChI is InChI=1S/C34H47Cl2F3NO7P/c1-30(2,3)46-48(42,47-31(4,5)6)44-22-33(18-17-32(7,8)45-29(41)40-33)16-15-24-12-14-28(25(20-24)34(37,38)39)43-19-9-10-23-11-13-26(35)27(36)21-23/h11-14,20-21H,9-10,15-19,22H2,1-8H3,(H,40,41)/t33-/m1/s1. The molecule has 2 aromatic rings. The number of cyclic esters (lactones) is 1. The van der Waals surface area contributed by atoms with Crippen LogP contribution < -0.4 is 10.1 Å². The van der Waals surface area contributed by atoms with Crippen LogP contribution >= 0.6 is 31.0 Å². The molecule has 0 spiro atoms. The number of alkyl halides is 3. The number of ether oxygens (including phenoxy) is 2. The number of hydrogen-bond donors (Lipinski definition) is 1. The molecule has 48 heavy (non-hydrogen) atoms. The fourth-order valence-electron chi connectivity index (χ4n) is 5.08. The number of rotatable bonds is 13. The Labute approximate surface area is 291 Å². The molecule has 1 amide bonds. The highest BCUT2D eigenvalue weighted by atomic mass is 35.5. The molecule has 0 radical (unpaired) electrons. The maximum absolute atomic E-state index is 14.2. The molecule has 270 valence electrons. The molecule has 0 bridgehead atoms. The van der Waals surface area contributed by atoms with Crippen molar-refractivity contribution in [1.29, 1.82) is 0 Å². The molecule has 3 rings (SSSR count). The van der Waals surface area contributed by atoms with Gasteiger partial charge in [0.2, 0.25) is 0 Å². The molecule has 0 unspecified atom stereocenters. The second-order valence-corrected chi connectivity index (χ2v) is 17.0. The number of phosphoric acid groups is 1. The van der Waals surface area contributed by atoms with Crippen LogP contribution in [-0.2, 0) is 41.9 Å². The van der Waals surface area contributed by atoms with E-state index in [1.807, 2.05) is 0 Å². The topological polar surface area (TPSA) is 92.3 Å². The lowest BCUT2D eigenvalue weighted by atomic mass is 9.84. The SMILES string of the molecule is CC(C)(C)OP(=O)(OC[C@@]1(CCc2ccc(OCCCc3ccc(Cl)c(Cl)c3)c(C(F)(F)F)c2)CCC(C)(C)OC(=O)N1)OC(C)(C)C. The van der Waals surface area contributed by atoms with Crippen LogP contribution in [0.3, 0.4) is 0 Å². The molecule has 1 N–H and O–H groups in total. The molecule has 2 aromatic carbocycles. The summed E-state index contributed by atoms with van der Waals surface area (Å²) < 4.78 is 85.0. The van der Waals surface area contributed by atoms with Crippen molar-refractivity contribution >= 4 is 37.1 Å². The number of alkyl carbamates (subject to hydrolysis) is 1. The van der Waals surface area contributed by atoms with Crippen molar-refractivity contribution in [2.24, 2.45) is 0 Å². The van der Waals surface area contributed by atoms with E-state index in [0.29, 0.717) is 41.3 Å². The second kappa shape index (κ2) is 15.5. The average molecular weight is 741 g/mol. The number of carbonyl (C=O) groups excluding carboxylic acids is 1. The summed E-state index contributed by atoms with van der Waals surface area (Å²) in [5.41, 5.74) is -3.43. The van der Waals surface area contributed by atoms with Gasteiger partial charge < -0.3 is 14.8 Å². The summed E-state index contributed by atoms with van der Waals surface area (Å²) in [6.45, 7) is 13.5. The van der Waals surface area contributed by atoms with Crippen molar-refractivity contribution in [1.82, 2.24) is 5.32 Å². The van der Waals surface area contributed by atoms with E-state index in [-0.39, 0.29) is 31.8 Å². The summed E-state index contributed by atoms with van der Waals surface area (Å²) in [7, 11) is -4.18. The van der Waals surface area contributed by atoms with Crippen LogP contribution in [0.15, 0.2) is 36.4 Å². The van der Waals surface area contributed by atoms with Crippen LogP contribution in [0.5, 0.6) is 5.75 Å². The zero-order valence-corrected chi connectivity index (χ0v) is 31.2. The lowest BCUT2D eigenvalue weighted by Crippen LogP contribution is -2.51. The zero-order chi connectivity index (χ0) is 36.2. The molecular formula is C34H47Cl2F3NO7P. The third-order valence-corrected chi connectivity index (χ3v) is 10.0. The normalized spacial score (nSPS) is 19.0. The Hall–Kier alpha value is -2.01. The molecule has 14 heteroatoms. The van der Waals surface area contributed by atoms with E-state index < -0.39 is 48.0 Å². The van der Waals surface area contributed by atoms with Crippen molar-refractivity contribution in [2.45, 2.75) is 122 Å². The van der Waals surface area contributed by atoms with E-state index in [1.165, 1.54) is 6.07 Å². The van der Waals surface area contributed by atoms with Crippen molar-refractivity contribution in [3.8, 4) is 5.75 Å². The van der Waals surface area contributed by atoms with Gasteiger partial charge >= 0.3 is 20.1 Å². The number of aryl methyl sites for hydroxylation is 2. The molecule has 1 atom stereocenters. The Balaban J connectivity index is 1.81. The van der Waals surface area contributed by atoms with Gasteiger partial charge in [-0.3, -0.25) is 13.6 Å². The second-order valence-electron chi connectivity index (χ2n) is 14.7. The molecule has 0 aliphatic carbocycles. The van der Waals surface area contributed by atoms with E-state index in [0.717, 1.165) is 11.6 Å². The van der Waals surface area contributed by atoms with Crippen molar-refractivity contribution in [3.05, 3.63) is 63.1 Å². The first-order valence-corrected chi connectivity index (χ1v) is 18.0. The number of nitrogens with one attached hydrogen (secondary N) is 1. The lowest BCUT2D eigenvalue weighted by Gasteiger charge is -2.36. The van der Waals surface area contributed by atoms with E-state index in [2.05, 4.69) is 5.32 Å². The summed E-state index contributed by atoms with van der Waals surface area (Å²) in [6, 6.07) is 9.12. The summed E-state index contributed by atoms with van der Waals surface area (Å²) in [4.78, 5) is 12.9. The molecule has 8 nitrogen and oxygen atoms in total. The molecule has 1 saturated heterocycles. The Bertz CT molecular complexity index is 1450. The molecule has 1 fully saturated rings. The number of amides is 1. The fourth-order valence-corrected chi connectivity index (χ4v) is 7.29. The van der Waals surface area contributed by atoms with Gasteiger partial charge in [0.25, 0.3) is 0 Å². The Morgan fingerprint density at radius 1 is 0.896 bits per heavy atom. The van der Waals surface area contributed by atoms with Gasteiger partial charge in [0.05, 0.1) is 45.6 Å². The van der Waals surface area contributed by atoms with Gasteiger partial charge in [0.1, 0.15) is 11.4 Å². The first-order chi connectivity index (χ1) is 21.9. The number of carbonyl (C=O) groups is 1. The van der Waals surface area contributed by atoms with Gasteiger partial charge in [-0.05, 0) is 129 Å². The number of halogens is 5. The van der Waals surface area contributed by atoms with Crippen LogP contribution in [0.2, 0.25) is 10.0 Å².